The van der Waals surface area contributed by atoms with Crippen molar-refractivity contribution in [3.05, 3.63) is 24.3 Å². The number of anilines is 1. The first-order valence-electron chi connectivity index (χ1n) is 6.91. The molecule has 0 aliphatic carbocycles. The Bertz CT molecular complexity index is 503. The summed E-state index contributed by atoms with van der Waals surface area (Å²) in [5.74, 6) is 0.531. The monoisotopic (exact) mass is 328 g/mol. The van der Waals surface area contributed by atoms with Gasteiger partial charge in [-0.05, 0) is 43.3 Å². The van der Waals surface area contributed by atoms with E-state index in [0.717, 1.165) is 13.1 Å². The lowest BCUT2D eigenvalue weighted by Crippen LogP contribution is -2.48. The fourth-order valence-electron chi connectivity index (χ4n) is 1.97. The van der Waals surface area contributed by atoms with Crippen molar-refractivity contribution in [2.24, 2.45) is 11.8 Å². The van der Waals surface area contributed by atoms with Crippen LogP contribution in [0.5, 0.6) is 5.75 Å². The molecule has 1 aromatic rings. The Kier molecular flexibility index (Phi) is 7.14. The summed E-state index contributed by atoms with van der Waals surface area (Å²) in [6.07, 6.45) is 0. The maximum absolute atomic E-state index is 12.1. The third kappa shape index (κ3) is 4.89. The summed E-state index contributed by atoms with van der Waals surface area (Å²) in [4.78, 5) is 23.0. The molecule has 0 aromatic heterocycles. The zero-order chi connectivity index (χ0) is 15.2. The second-order valence-corrected chi connectivity index (χ2v) is 5.09. The zero-order valence-electron chi connectivity index (χ0n) is 12.6. The van der Waals surface area contributed by atoms with Gasteiger partial charge >= 0.3 is 5.97 Å². The molecule has 2 rings (SSSR count). The van der Waals surface area contributed by atoms with Gasteiger partial charge in [-0.1, -0.05) is 6.92 Å². The lowest BCUT2D eigenvalue weighted by atomic mass is 9.88. The summed E-state index contributed by atoms with van der Waals surface area (Å²) in [6.45, 7) is 3.60. The van der Waals surface area contributed by atoms with Gasteiger partial charge in [0.05, 0.1) is 7.11 Å². The van der Waals surface area contributed by atoms with Gasteiger partial charge in [0, 0.05) is 11.6 Å². The van der Waals surface area contributed by atoms with Crippen LogP contribution in [0.1, 0.15) is 6.92 Å². The molecule has 1 aromatic carbocycles. The lowest BCUT2D eigenvalue weighted by molar-refractivity contribution is -0.142. The van der Waals surface area contributed by atoms with Crippen LogP contribution in [0.15, 0.2) is 24.3 Å². The van der Waals surface area contributed by atoms with Gasteiger partial charge in [-0.25, -0.2) is 4.79 Å². The predicted molar refractivity (Wildman–Crippen MR) is 85.4 cm³/mol. The van der Waals surface area contributed by atoms with Crippen LogP contribution in [0.3, 0.4) is 0 Å². The highest BCUT2D eigenvalue weighted by Gasteiger charge is 2.28. The molecule has 1 unspecified atom stereocenters. The molecule has 0 bridgehead atoms. The molecule has 6 nitrogen and oxygen atoms in total. The number of ether oxygens (including phenoxy) is 2. The molecule has 1 heterocycles. The maximum Gasteiger partial charge on any atom is 0.343 e. The van der Waals surface area contributed by atoms with Crippen molar-refractivity contribution in [2.75, 3.05) is 32.1 Å². The molecule has 1 atom stereocenters. The van der Waals surface area contributed by atoms with E-state index in [1.807, 2.05) is 6.92 Å². The highest BCUT2D eigenvalue weighted by molar-refractivity contribution is 5.92. The van der Waals surface area contributed by atoms with E-state index in [2.05, 4.69) is 15.4 Å². The number of hydrogen-bond donors (Lipinski definition) is 2. The van der Waals surface area contributed by atoms with Crippen molar-refractivity contribution < 1.29 is 19.1 Å². The second-order valence-electron chi connectivity index (χ2n) is 5.09. The minimum absolute atomic E-state index is 0. The van der Waals surface area contributed by atoms with E-state index in [4.69, 9.17) is 4.74 Å². The molecular weight excluding hydrogens is 308 g/mol. The molecule has 7 heteroatoms. The Morgan fingerprint density at radius 2 is 1.95 bits per heavy atom. The Hall–Kier alpha value is -1.79. The minimum Gasteiger partial charge on any atom is -0.482 e. The summed E-state index contributed by atoms with van der Waals surface area (Å²) < 4.78 is 9.72. The number of hydrogen-bond acceptors (Lipinski definition) is 5. The number of esters is 1. The summed E-state index contributed by atoms with van der Waals surface area (Å²) >= 11 is 0. The van der Waals surface area contributed by atoms with Gasteiger partial charge in [0.2, 0.25) is 5.91 Å². The number of benzene rings is 1. The van der Waals surface area contributed by atoms with E-state index in [1.54, 1.807) is 24.3 Å². The van der Waals surface area contributed by atoms with Crippen LogP contribution in [0.25, 0.3) is 0 Å². The third-order valence-corrected chi connectivity index (χ3v) is 3.64. The van der Waals surface area contributed by atoms with Crippen molar-refractivity contribution >= 4 is 30.0 Å². The van der Waals surface area contributed by atoms with Gasteiger partial charge in [-0.15, -0.1) is 12.4 Å². The summed E-state index contributed by atoms with van der Waals surface area (Å²) in [6, 6.07) is 6.90. The minimum atomic E-state index is -0.435. The molecule has 1 aliphatic heterocycles. The molecule has 0 radical (unpaired) electrons. The number of methoxy groups -OCH3 is 1. The van der Waals surface area contributed by atoms with Gasteiger partial charge in [0.1, 0.15) is 5.75 Å². The number of amides is 1. The predicted octanol–water partition coefficient (Wildman–Crippen LogP) is 1.45. The first kappa shape index (κ1) is 18.3. The van der Waals surface area contributed by atoms with Gasteiger partial charge in [0.25, 0.3) is 0 Å². The lowest BCUT2D eigenvalue weighted by Gasteiger charge is -2.31. The van der Waals surface area contributed by atoms with Gasteiger partial charge in [-0.2, -0.15) is 0 Å². The molecule has 122 valence electrons. The van der Waals surface area contributed by atoms with Crippen LogP contribution in [0.4, 0.5) is 5.69 Å². The zero-order valence-corrected chi connectivity index (χ0v) is 13.4. The quantitative estimate of drug-likeness (QED) is 0.773. The maximum atomic E-state index is 12.1. The van der Waals surface area contributed by atoms with Crippen LogP contribution in [-0.4, -0.2) is 38.7 Å². The Morgan fingerprint density at radius 1 is 1.32 bits per heavy atom. The normalized spacial score (nSPS) is 15.0. The van der Waals surface area contributed by atoms with E-state index in [1.165, 1.54) is 7.11 Å². The third-order valence-electron chi connectivity index (χ3n) is 3.64. The van der Waals surface area contributed by atoms with Gasteiger partial charge < -0.3 is 20.1 Å². The fourth-order valence-corrected chi connectivity index (χ4v) is 1.97. The highest BCUT2D eigenvalue weighted by atomic mass is 35.5. The average molecular weight is 329 g/mol. The number of carbonyl (C=O) groups is 2. The van der Waals surface area contributed by atoms with Crippen LogP contribution >= 0.6 is 12.4 Å². The largest absolute Gasteiger partial charge is 0.482 e. The molecule has 1 aliphatic rings. The molecular formula is C15H21ClN2O4. The van der Waals surface area contributed by atoms with Crippen LogP contribution < -0.4 is 15.4 Å². The van der Waals surface area contributed by atoms with Crippen LogP contribution in [0, 0.1) is 11.8 Å². The molecule has 1 fully saturated rings. The van der Waals surface area contributed by atoms with Crippen molar-refractivity contribution in [1.82, 2.24) is 5.32 Å². The van der Waals surface area contributed by atoms with E-state index in [-0.39, 0.29) is 30.8 Å². The van der Waals surface area contributed by atoms with Gasteiger partial charge in [-0.3, -0.25) is 4.79 Å². The Balaban J connectivity index is 0.00000242. The standard InChI is InChI=1S/C15H20N2O4.ClH/c1-10(11-7-16-8-11)15(19)17-12-3-5-13(6-4-12)21-9-14(18)20-2;/h3-6,10-11,16H,7-9H2,1-2H3,(H,17,19);1H. The number of rotatable bonds is 6. The van der Waals surface area contributed by atoms with E-state index in [9.17, 15) is 9.59 Å². The van der Waals surface area contributed by atoms with Crippen molar-refractivity contribution in [3.8, 4) is 5.75 Å². The Labute approximate surface area is 136 Å². The molecule has 22 heavy (non-hydrogen) atoms. The smallest absolute Gasteiger partial charge is 0.343 e. The fraction of sp³-hybridized carbons (Fsp3) is 0.467. The Morgan fingerprint density at radius 3 is 2.45 bits per heavy atom. The molecule has 2 N–H and O–H groups in total. The van der Waals surface area contributed by atoms with E-state index in [0.29, 0.717) is 17.4 Å². The summed E-state index contributed by atoms with van der Waals surface area (Å²) in [5, 5.41) is 6.04. The van der Waals surface area contributed by atoms with Crippen LogP contribution in [-0.2, 0) is 14.3 Å². The molecule has 1 saturated heterocycles. The van der Waals surface area contributed by atoms with E-state index >= 15 is 0 Å². The molecule has 0 saturated carbocycles. The average Bonchev–Trinajstić information content (AvgIpc) is 2.44. The topological polar surface area (TPSA) is 76.7 Å². The number of nitrogens with one attached hydrogen (secondary N) is 2. The SMILES string of the molecule is COC(=O)COc1ccc(NC(=O)C(C)C2CNC2)cc1.Cl. The highest BCUT2D eigenvalue weighted by Crippen LogP contribution is 2.20. The first-order valence-corrected chi connectivity index (χ1v) is 6.91. The van der Waals surface area contributed by atoms with E-state index < -0.39 is 5.97 Å². The summed E-state index contributed by atoms with van der Waals surface area (Å²) in [7, 11) is 1.31. The van der Waals surface area contributed by atoms with Crippen molar-refractivity contribution in [1.29, 1.82) is 0 Å². The van der Waals surface area contributed by atoms with Crippen molar-refractivity contribution in [2.45, 2.75) is 6.92 Å². The second kappa shape index (κ2) is 8.60. The first-order chi connectivity index (χ1) is 10.1. The molecule has 0 spiro atoms. The van der Waals surface area contributed by atoms with Crippen LogP contribution in [0.2, 0.25) is 0 Å². The van der Waals surface area contributed by atoms with Crippen molar-refractivity contribution in [3.63, 3.8) is 0 Å². The number of carbonyl (C=O) groups excluding carboxylic acids is 2. The summed E-state index contributed by atoms with van der Waals surface area (Å²) in [5.41, 5.74) is 0.713. The van der Waals surface area contributed by atoms with Gasteiger partial charge in [0.15, 0.2) is 6.61 Å². The number of halogens is 1. The molecule has 1 amide bonds.